The predicted molar refractivity (Wildman–Crippen MR) is 70.4 cm³/mol. The van der Waals surface area contributed by atoms with Gasteiger partial charge >= 0.3 is 0 Å². The zero-order chi connectivity index (χ0) is 12.7. The quantitative estimate of drug-likeness (QED) is 0.790. The molecule has 0 aromatic heterocycles. The lowest BCUT2D eigenvalue weighted by Crippen LogP contribution is -2.25. The Morgan fingerprint density at radius 2 is 1.82 bits per heavy atom. The molecule has 0 heterocycles. The second-order valence-electron chi connectivity index (χ2n) is 4.74. The molecule has 0 aliphatic carbocycles. The van der Waals surface area contributed by atoms with Gasteiger partial charge in [0, 0.05) is 20.1 Å². The molecule has 0 atom stereocenters. The number of methoxy groups -OCH3 is 1. The van der Waals surface area contributed by atoms with E-state index in [2.05, 4.69) is 31.3 Å². The largest absolute Gasteiger partial charge is 0.493 e. The lowest BCUT2D eigenvalue weighted by atomic mass is 10.1. The number of benzene rings is 1. The molecular weight excluding hydrogens is 214 g/mol. The van der Waals surface area contributed by atoms with Crippen molar-refractivity contribution in [3.05, 3.63) is 29.8 Å². The summed E-state index contributed by atoms with van der Waals surface area (Å²) in [7, 11) is 3.67. The summed E-state index contributed by atoms with van der Waals surface area (Å²) < 4.78 is 11.0. The smallest absolute Gasteiger partial charge is 0.119 e. The molecule has 1 N–H and O–H groups in total. The number of ether oxygens (including phenoxy) is 2. The van der Waals surface area contributed by atoms with Crippen LogP contribution in [0.5, 0.6) is 5.75 Å². The summed E-state index contributed by atoms with van der Waals surface area (Å²) in [6, 6.07) is 8.17. The molecule has 0 fully saturated rings. The SMILES string of the molecule is CNCc1ccc(OCCC(C)(C)OC)cc1. The third-order valence-corrected chi connectivity index (χ3v) is 2.83. The first-order chi connectivity index (χ1) is 8.07. The van der Waals surface area contributed by atoms with Crippen molar-refractivity contribution in [1.82, 2.24) is 5.32 Å². The fourth-order valence-corrected chi connectivity index (χ4v) is 1.42. The molecule has 0 unspecified atom stereocenters. The maximum atomic E-state index is 5.68. The fraction of sp³-hybridized carbons (Fsp3) is 0.571. The first-order valence-electron chi connectivity index (χ1n) is 5.99. The number of hydrogen-bond acceptors (Lipinski definition) is 3. The summed E-state index contributed by atoms with van der Waals surface area (Å²) in [5, 5.41) is 3.12. The van der Waals surface area contributed by atoms with Crippen LogP contribution in [0.4, 0.5) is 0 Å². The van der Waals surface area contributed by atoms with Crippen molar-refractivity contribution in [2.45, 2.75) is 32.4 Å². The molecule has 0 spiro atoms. The minimum Gasteiger partial charge on any atom is -0.493 e. The predicted octanol–water partition coefficient (Wildman–Crippen LogP) is 2.60. The van der Waals surface area contributed by atoms with Crippen LogP contribution in [0.3, 0.4) is 0 Å². The van der Waals surface area contributed by atoms with Crippen molar-refractivity contribution in [3.63, 3.8) is 0 Å². The highest BCUT2D eigenvalue weighted by Crippen LogP contribution is 2.16. The summed E-state index contributed by atoms with van der Waals surface area (Å²) >= 11 is 0. The number of nitrogens with one attached hydrogen (secondary N) is 1. The lowest BCUT2D eigenvalue weighted by Gasteiger charge is -2.22. The average Bonchev–Trinajstić information content (AvgIpc) is 2.32. The van der Waals surface area contributed by atoms with Gasteiger partial charge in [-0.1, -0.05) is 12.1 Å². The Bertz CT molecular complexity index is 319. The molecule has 1 aromatic rings. The van der Waals surface area contributed by atoms with E-state index in [1.165, 1.54) is 5.56 Å². The van der Waals surface area contributed by atoms with E-state index >= 15 is 0 Å². The molecule has 0 aliphatic heterocycles. The summed E-state index contributed by atoms with van der Waals surface area (Å²) in [5.41, 5.74) is 1.14. The molecule has 17 heavy (non-hydrogen) atoms. The van der Waals surface area contributed by atoms with Crippen molar-refractivity contribution < 1.29 is 9.47 Å². The molecular formula is C14H23NO2. The lowest BCUT2D eigenvalue weighted by molar-refractivity contribution is 0.00545. The highest BCUT2D eigenvalue weighted by molar-refractivity contribution is 5.27. The van der Waals surface area contributed by atoms with E-state index in [4.69, 9.17) is 9.47 Å². The maximum absolute atomic E-state index is 5.68. The van der Waals surface area contributed by atoms with Gasteiger partial charge in [-0.3, -0.25) is 0 Å². The minimum atomic E-state index is -0.119. The average molecular weight is 237 g/mol. The van der Waals surface area contributed by atoms with E-state index in [0.717, 1.165) is 18.7 Å². The molecule has 96 valence electrons. The van der Waals surface area contributed by atoms with Crippen LogP contribution >= 0.6 is 0 Å². The van der Waals surface area contributed by atoms with Gasteiger partial charge in [-0.2, -0.15) is 0 Å². The van der Waals surface area contributed by atoms with E-state index in [-0.39, 0.29) is 5.60 Å². The van der Waals surface area contributed by atoms with Gasteiger partial charge in [-0.05, 0) is 38.6 Å². The van der Waals surface area contributed by atoms with E-state index in [1.807, 2.05) is 19.2 Å². The van der Waals surface area contributed by atoms with E-state index in [0.29, 0.717) is 6.61 Å². The first-order valence-corrected chi connectivity index (χ1v) is 5.99. The molecule has 0 saturated carbocycles. The van der Waals surface area contributed by atoms with Gasteiger partial charge in [0.15, 0.2) is 0 Å². The molecule has 1 rings (SSSR count). The van der Waals surface area contributed by atoms with Crippen molar-refractivity contribution in [2.75, 3.05) is 20.8 Å². The van der Waals surface area contributed by atoms with Crippen LogP contribution in [-0.2, 0) is 11.3 Å². The Labute approximate surface area is 104 Å². The van der Waals surface area contributed by atoms with Crippen molar-refractivity contribution in [1.29, 1.82) is 0 Å². The second-order valence-corrected chi connectivity index (χ2v) is 4.74. The van der Waals surface area contributed by atoms with Crippen molar-refractivity contribution in [2.24, 2.45) is 0 Å². The third kappa shape index (κ3) is 5.20. The van der Waals surface area contributed by atoms with Gasteiger partial charge in [-0.25, -0.2) is 0 Å². The maximum Gasteiger partial charge on any atom is 0.119 e. The van der Waals surface area contributed by atoms with Crippen LogP contribution in [0.25, 0.3) is 0 Å². The van der Waals surface area contributed by atoms with E-state index in [1.54, 1.807) is 7.11 Å². The highest BCUT2D eigenvalue weighted by Gasteiger charge is 2.15. The molecule has 3 nitrogen and oxygen atoms in total. The Hall–Kier alpha value is -1.06. The zero-order valence-corrected chi connectivity index (χ0v) is 11.2. The Balaban J connectivity index is 2.37. The monoisotopic (exact) mass is 237 g/mol. The molecule has 3 heteroatoms. The minimum absolute atomic E-state index is 0.119. The second kappa shape index (κ2) is 6.62. The molecule has 0 radical (unpaired) electrons. The normalized spacial score (nSPS) is 11.5. The van der Waals surface area contributed by atoms with Gasteiger partial charge < -0.3 is 14.8 Å². The van der Waals surface area contributed by atoms with Crippen molar-refractivity contribution in [3.8, 4) is 5.75 Å². The van der Waals surface area contributed by atoms with Crippen LogP contribution in [-0.4, -0.2) is 26.4 Å². The third-order valence-electron chi connectivity index (χ3n) is 2.83. The van der Waals surface area contributed by atoms with Gasteiger partial charge in [-0.15, -0.1) is 0 Å². The fourth-order valence-electron chi connectivity index (χ4n) is 1.42. The highest BCUT2D eigenvalue weighted by atomic mass is 16.5. The molecule has 0 bridgehead atoms. The van der Waals surface area contributed by atoms with E-state index < -0.39 is 0 Å². The Kier molecular flexibility index (Phi) is 5.45. The standard InChI is InChI=1S/C14H23NO2/c1-14(2,16-4)9-10-17-13-7-5-12(6-8-13)11-15-3/h5-8,15H,9-11H2,1-4H3. The molecule has 0 aliphatic rings. The topological polar surface area (TPSA) is 30.5 Å². The Morgan fingerprint density at radius 3 is 2.35 bits per heavy atom. The van der Waals surface area contributed by atoms with Crippen molar-refractivity contribution >= 4 is 0 Å². The van der Waals surface area contributed by atoms with Crippen LogP contribution in [0.2, 0.25) is 0 Å². The first kappa shape index (κ1) is 14.0. The molecule has 0 amide bonds. The van der Waals surface area contributed by atoms with E-state index in [9.17, 15) is 0 Å². The zero-order valence-electron chi connectivity index (χ0n) is 11.2. The molecule has 0 saturated heterocycles. The molecule has 1 aromatic carbocycles. The van der Waals surface area contributed by atoms with Crippen LogP contribution in [0.1, 0.15) is 25.8 Å². The van der Waals surface area contributed by atoms with Gasteiger partial charge in [0.2, 0.25) is 0 Å². The van der Waals surface area contributed by atoms with Crippen LogP contribution < -0.4 is 10.1 Å². The summed E-state index contributed by atoms with van der Waals surface area (Å²) in [5.74, 6) is 0.914. The summed E-state index contributed by atoms with van der Waals surface area (Å²) in [6.45, 7) is 5.68. The van der Waals surface area contributed by atoms with Gasteiger partial charge in [0.1, 0.15) is 5.75 Å². The van der Waals surface area contributed by atoms with Crippen LogP contribution in [0, 0.1) is 0 Å². The van der Waals surface area contributed by atoms with Gasteiger partial charge in [0.05, 0.1) is 12.2 Å². The number of hydrogen-bond donors (Lipinski definition) is 1. The van der Waals surface area contributed by atoms with Gasteiger partial charge in [0.25, 0.3) is 0 Å². The Morgan fingerprint density at radius 1 is 1.18 bits per heavy atom. The van der Waals surface area contributed by atoms with Crippen LogP contribution in [0.15, 0.2) is 24.3 Å². The number of rotatable bonds is 7. The summed E-state index contributed by atoms with van der Waals surface area (Å²) in [4.78, 5) is 0. The summed E-state index contributed by atoms with van der Waals surface area (Å²) in [6.07, 6.45) is 0.877.